The Morgan fingerprint density at radius 2 is 1.14 bits per heavy atom. The quantitative estimate of drug-likeness (QED) is 0.0134. The van der Waals surface area contributed by atoms with E-state index in [1.54, 1.807) is 6.92 Å². The van der Waals surface area contributed by atoms with Crippen molar-refractivity contribution in [2.75, 3.05) is 60.2 Å². The van der Waals surface area contributed by atoms with Crippen LogP contribution < -0.4 is 33.1 Å². The van der Waals surface area contributed by atoms with E-state index in [1.807, 2.05) is 152 Å². The van der Waals surface area contributed by atoms with Crippen LogP contribution in [-0.2, 0) is 54.6 Å². The summed E-state index contributed by atoms with van der Waals surface area (Å²) in [6.45, 7) is 32.2. The molecule has 11 atom stereocenters. The van der Waals surface area contributed by atoms with Crippen molar-refractivity contribution >= 4 is 29.2 Å². The van der Waals surface area contributed by atoms with E-state index in [4.69, 9.17) is 60.5 Å². The number of benzene rings is 4. The molecule has 2 fully saturated rings. The highest BCUT2D eigenvalue weighted by atomic mass is 31.2. The summed E-state index contributed by atoms with van der Waals surface area (Å²) in [7, 11) is -0.794. The Labute approximate surface area is 632 Å². The molecule has 0 bridgehead atoms. The van der Waals surface area contributed by atoms with Crippen LogP contribution in [0.5, 0.6) is 0 Å². The molecule has 0 spiro atoms. The van der Waals surface area contributed by atoms with Crippen molar-refractivity contribution in [1.29, 1.82) is 2.86 Å². The van der Waals surface area contributed by atoms with E-state index in [0.29, 0.717) is 12.8 Å². The van der Waals surface area contributed by atoms with Gasteiger partial charge in [0.2, 0.25) is 16.0 Å². The number of nitrogens with zero attached hydrogens (tertiary/aromatic N) is 6. The Bertz CT molecular complexity index is 4580. The first kappa shape index (κ1) is 78.9. The van der Waals surface area contributed by atoms with E-state index in [0.717, 1.165) is 44.5 Å². The van der Waals surface area contributed by atoms with Crippen LogP contribution in [0.1, 0.15) is 159 Å². The van der Waals surface area contributed by atoms with E-state index in [1.165, 1.54) is 35.7 Å². The van der Waals surface area contributed by atoms with Gasteiger partial charge in [0.25, 0.3) is 28.2 Å². The summed E-state index contributed by atoms with van der Waals surface area (Å²) >= 11 is 0. The molecule has 6 N–H and O–H groups in total. The lowest BCUT2D eigenvalue weighted by atomic mass is 9.92. The second-order valence-corrected chi connectivity index (χ2v) is 28.3. The Kier molecular flexibility index (Phi) is 31.3. The molecule has 10 rings (SSSR count). The van der Waals surface area contributed by atoms with Gasteiger partial charge in [0.15, 0.2) is 6.23 Å². The molecular formula is C78H96N10O17P2. The molecule has 6 aromatic rings. The molecule has 4 heterocycles. The number of fused-ring (bicyclic) bond motifs is 4. The largest absolute Gasteiger partial charge is 0.441 e. The normalized spacial score (nSPS) is 20.4. The van der Waals surface area contributed by atoms with Gasteiger partial charge < -0.3 is 72.3 Å². The zero-order chi connectivity index (χ0) is 80.7. The van der Waals surface area contributed by atoms with Crippen LogP contribution in [0.4, 0.5) is 9.59 Å². The molecule has 107 heavy (non-hydrogen) atoms. The maximum absolute atomic E-state index is 13.2. The average molecular weight is 1510 g/mol. The SMILES string of the molecule is [2H]C[C@H]1O[C@@H](n2cc(C#CCNC(=O)OC3Cc4ccccc4C#Cc4ccccc43)c(=O)[nH]c2=O)CC1OP(OCC[N+]#[C-])N(C(C)C)C(C)C.[2H]C[C@H]1O[C@@H](n2cc(C)c(=O)[nH]c2=O)[C@@H](OCCNC(=O)OC2Cc3ccccc3C#Cc3ccccc32)C1OP(OCC[N+]#[C-])N(C(C)C)C(C)C.[3H]OC.[3H]OC. The molecule has 4 aromatic carbocycles. The van der Waals surface area contributed by atoms with Gasteiger partial charge in [-0.1, -0.05) is 108 Å². The minimum atomic E-state index is -1.77. The lowest BCUT2D eigenvalue weighted by Gasteiger charge is -2.37. The minimum absolute atomic E-state index is 0.00555. The molecule has 27 nitrogen and oxygen atoms in total. The zero-order valence-electron chi connectivity index (χ0n) is 65.9. The number of carbonyl (C=O) groups is 2. The minimum Gasteiger partial charge on any atom is -0.441 e. The van der Waals surface area contributed by atoms with E-state index < -0.39 is 107 Å². The summed E-state index contributed by atoms with van der Waals surface area (Å²) in [5.41, 5.74) is 4.50. The second-order valence-electron chi connectivity index (χ2n) is 25.5. The summed E-state index contributed by atoms with van der Waals surface area (Å²) in [6.07, 6.45) is -4.58. The Hall–Kier alpha value is -9.14. The fourth-order valence-electron chi connectivity index (χ4n) is 12.1. The molecule has 29 heteroatoms. The van der Waals surface area contributed by atoms with Gasteiger partial charge in [-0.25, -0.2) is 41.7 Å². The van der Waals surface area contributed by atoms with Crippen molar-refractivity contribution in [2.24, 2.45) is 0 Å². The third-order valence-electron chi connectivity index (χ3n) is 16.8. The van der Waals surface area contributed by atoms with E-state index in [9.17, 15) is 28.8 Å². The summed E-state index contributed by atoms with van der Waals surface area (Å²) in [5, 5.41) is 12.4. The number of aliphatic hydroxyl groups excluding tert-OH is 2. The van der Waals surface area contributed by atoms with Crippen LogP contribution in [0.15, 0.2) is 129 Å². The van der Waals surface area contributed by atoms with Crippen LogP contribution in [0.2, 0.25) is 0 Å². The number of hydrogen-bond acceptors (Lipinski definition) is 19. The van der Waals surface area contributed by atoms with Crippen molar-refractivity contribution < 1.29 is 64.3 Å². The number of rotatable bonds is 25. The third kappa shape index (κ3) is 23.4. The number of aromatic nitrogens is 4. The lowest BCUT2D eigenvalue weighted by Crippen LogP contribution is -2.42. The van der Waals surface area contributed by atoms with Crippen LogP contribution >= 0.6 is 17.1 Å². The molecular weight excluding hydrogens is 1410 g/mol. The van der Waals surface area contributed by atoms with Crippen molar-refractivity contribution in [3.05, 3.63) is 230 Å². The fourth-order valence-corrected chi connectivity index (χ4v) is 15.6. The third-order valence-corrected chi connectivity index (χ3v) is 21.0. The van der Waals surface area contributed by atoms with Crippen molar-refractivity contribution in [3.63, 3.8) is 0 Å². The lowest BCUT2D eigenvalue weighted by molar-refractivity contribution is -0.0673. The van der Waals surface area contributed by atoms with Crippen molar-refractivity contribution in [1.82, 2.24) is 39.1 Å². The van der Waals surface area contributed by atoms with Gasteiger partial charge in [-0.3, -0.25) is 28.7 Å². The first-order chi connectivity index (χ1) is 53.4. The van der Waals surface area contributed by atoms with E-state index >= 15 is 0 Å². The van der Waals surface area contributed by atoms with Gasteiger partial charge in [0, 0.05) is 118 Å². The van der Waals surface area contributed by atoms with E-state index in [-0.39, 0.29) is 102 Å². The van der Waals surface area contributed by atoms with Gasteiger partial charge in [0.1, 0.15) is 49.4 Å². The number of nitrogens with one attached hydrogen (secondary N) is 4. The van der Waals surface area contributed by atoms with Gasteiger partial charge in [-0.15, -0.1) is 0 Å². The molecule has 2 aliphatic heterocycles. The number of aliphatic hydroxyl groups is 2. The number of carbonyl (C=O) groups excluding carboxylic acids is 2. The maximum atomic E-state index is 13.2. The van der Waals surface area contributed by atoms with Gasteiger partial charge in [-0.2, -0.15) is 0 Å². The van der Waals surface area contributed by atoms with Gasteiger partial charge >= 0.3 is 23.6 Å². The van der Waals surface area contributed by atoms with E-state index in [2.05, 4.69) is 85.4 Å². The molecule has 2 amide bonds. The molecule has 4 aliphatic rings. The summed E-state index contributed by atoms with van der Waals surface area (Å²) in [6, 6.07) is 30.8. The maximum Gasteiger partial charge on any atom is 0.408 e. The highest BCUT2D eigenvalue weighted by Crippen LogP contribution is 2.52. The van der Waals surface area contributed by atoms with Crippen LogP contribution in [-0.4, -0.2) is 169 Å². The van der Waals surface area contributed by atoms with Crippen LogP contribution in [0.25, 0.3) is 9.69 Å². The van der Waals surface area contributed by atoms with Crippen LogP contribution in [0, 0.1) is 55.6 Å². The Morgan fingerprint density at radius 3 is 1.66 bits per heavy atom. The Balaban J connectivity index is 0.000000288. The summed E-state index contributed by atoms with van der Waals surface area (Å²) in [4.78, 5) is 88.5. The zero-order valence-corrected chi connectivity index (χ0v) is 63.7. The number of aromatic amines is 2. The molecule has 2 aromatic heterocycles. The van der Waals surface area contributed by atoms with Gasteiger partial charge in [-0.05, 0) is 112 Å². The summed E-state index contributed by atoms with van der Waals surface area (Å²) < 4.78 is 90.3. The molecule has 2 aliphatic carbocycles. The van der Waals surface area contributed by atoms with Crippen molar-refractivity contribution in [3.8, 4) is 35.5 Å². The topological polar surface area (TPSA) is 307 Å². The number of aryl methyl sites for hydroxylation is 1. The smallest absolute Gasteiger partial charge is 0.408 e. The number of alkyl carbamates (subject to hydrolysis) is 2. The first-order valence-electron chi connectivity index (χ1n) is 37.0. The van der Waals surface area contributed by atoms with Crippen molar-refractivity contribution in [2.45, 2.75) is 175 Å². The predicted octanol–water partition coefficient (Wildman–Crippen LogP) is 9.74. The van der Waals surface area contributed by atoms with Gasteiger partial charge in [0.05, 0.1) is 31.5 Å². The number of hydrogen-bond donors (Lipinski definition) is 6. The highest BCUT2D eigenvalue weighted by molar-refractivity contribution is 7.44. The highest BCUT2D eigenvalue weighted by Gasteiger charge is 2.49. The number of amides is 2. The molecule has 2 saturated heterocycles. The van der Waals surface area contributed by atoms with Crippen LogP contribution in [0.3, 0.4) is 0 Å². The first-order valence-corrected chi connectivity index (χ1v) is 37.1. The summed E-state index contributed by atoms with van der Waals surface area (Å²) in [5.74, 6) is 18.3. The predicted molar refractivity (Wildman–Crippen MR) is 406 cm³/mol. The average Bonchev–Trinajstić information content (AvgIpc) is 1.66. The monoisotopic (exact) mass is 1510 g/mol. The number of ether oxygens (including phenoxy) is 5. The molecule has 6 unspecified atom stereocenters. The second kappa shape index (κ2) is 42.4. The molecule has 570 valence electrons. The standard InChI is InChI=1S/C38H46N5O8P.C38H42N5O7P.2CH4O/c1-24(2)43(25(3)4)52(48-21-18-39-7)51-33-27(6)49-36(42-23-26(5)35(44)41-37(42)45)34(33)47-20-19-40-38(46)50-32-22-30-14-9-8-12-28(30)16-17-29-13-10-11-15-31(29)32;1-25(2)43(26(3)4)51(47-21-20-39-6)50-33-23-35(48-27(33)5)42-24-31(36(44)41-37(42)45)15-11-19-40-38(46)49-34-22-30-14-8-7-12-28(30)17-18-29-13-9-10-16-32(29)34;2*1-2/h8-15,23-25,27,32-34,36H,18-22H2,1-6H3,(H,40,46)(H,41,44,45);7-10,12-14,16,24-27,33-35H,19-23H2,1-5H3,(H,40,46)(H,41,44,45);2*2H,1H3/t27-,32?,33?,34+,36-,52?;27-,33?,34?,35-,51?;;/m11../s1/i6D;5D;2*2T. The fraction of sp³-hybridized carbons (Fsp3) is 0.462. The molecule has 0 radical (unpaired) electrons. The Morgan fingerprint density at radius 1 is 0.664 bits per heavy atom. The molecule has 0 saturated carbocycles. The number of H-pyrrole nitrogens is 2.